The number of benzene rings is 1. The van der Waals surface area contributed by atoms with Crippen molar-refractivity contribution >= 4 is 11.6 Å². The van der Waals surface area contributed by atoms with Crippen LogP contribution in [0.4, 0.5) is 5.69 Å². The molecule has 0 aliphatic heterocycles. The van der Waals surface area contributed by atoms with E-state index in [0.29, 0.717) is 23.6 Å². The maximum absolute atomic E-state index is 12.4. The molecule has 20 heavy (non-hydrogen) atoms. The van der Waals surface area contributed by atoms with Crippen LogP contribution in [0.3, 0.4) is 0 Å². The molecule has 0 unspecified atom stereocenters. The monoisotopic (exact) mass is 274 g/mol. The van der Waals surface area contributed by atoms with Gasteiger partial charge in [0.2, 0.25) is 0 Å². The van der Waals surface area contributed by atoms with E-state index in [1.54, 1.807) is 18.0 Å². The van der Waals surface area contributed by atoms with Gasteiger partial charge in [-0.05, 0) is 31.5 Å². The molecule has 1 aromatic heterocycles. The van der Waals surface area contributed by atoms with E-state index >= 15 is 0 Å². The van der Waals surface area contributed by atoms with Gasteiger partial charge in [-0.15, -0.1) is 0 Å². The fourth-order valence-corrected chi connectivity index (χ4v) is 1.91. The van der Waals surface area contributed by atoms with E-state index in [4.69, 9.17) is 5.84 Å². The minimum Gasteiger partial charge on any atom is -0.334 e. The first-order valence-electron chi connectivity index (χ1n) is 6.22. The number of aromatic nitrogens is 3. The molecule has 0 saturated carbocycles. The lowest BCUT2D eigenvalue weighted by Crippen LogP contribution is -2.28. The summed E-state index contributed by atoms with van der Waals surface area (Å²) in [5.41, 5.74) is 4.71. The Kier molecular flexibility index (Phi) is 3.99. The molecule has 2 rings (SSSR count). The number of aromatic amines is 1. The highest BCUT2D eigenvalue weighted by Crippen LogP contribution is 2.18. The summed E-state index contributed by atoms with van der Waals surface area (Å²) in [6.07, 6.45) is 0. The summed E-state index contributed by atoms with van der Waals surface area (Å²) in [6.45, 7) is 4.09. The molecule has 0 aliphatic rings. The number of carbonyl (C=O) groups excluding carboxylic acids is 1. The van der Waals surface area contributed by atoms with Crippen molar-refractivity contribution in [2.45, 2.75) is 20.4 Å². The minimum absolute atomic E-state index is 0.139. The van der Waals surface area contributed by atoms with Crippen LogP contribution < -0.4 is 11.3 Å². The molecule has 0 atom stereocenters. The molecular formula is C13H18N6O. The van der Waals surface area contributed by atoms with Gasteiger partial charge >= 0.3 is 0 Å². The van der Waals surface area contributed by atoms with Crippen molar-refractivity contribution < 1.29 is 4.79 Å². The first kappa shape index (κ1) is 14.0. The van der Waals surface area contributed by atoms with Gasteiger partial charge in [-0.25, -0.2) is 4.98 Å². The van der Waals surface area contributed by atoms with Gasteiger partial charge in [0, 0.05) is 7.05 Å². The first-order chi connectivity index (χ1) is 9.51. The van der Waals surface area contributed by atoms with Crippen molar-refractivity contribution in [1.29, 1.82) is 0 Å². The van der Waals surface area contributed by atoms with E-state index < -0.39 is 0 Å². The number of hydrogen-bond acceptors (Lipinski definition) is 5. The lowest BCUT2D eigenvalue weighted by molar-refractivity contribution is 0.0782. The number of carbonyl (C=O) groups is 1. The van der Waals surface area contributed by atoms with Crippen molar-refractivity contribution in [1.82, 2.24) is 20.1 Å². The zero-order valence-corrected chi connectivity index (χ0v) is 11.8. The van der Waals surface area contributed by atoms with E-state index in [1.165, 1.54) is 0 Å². The number of hydrogen-bond donors (Lipinski definition) is 3. The van der Waals surface area contributed by atoms with E-state index in [-0.39, 0.29) is 5.91 Å². The number of nitrogen functional groups attached to an aromatic ring is 1. The fraction of sp³-hybridized carbons (Fsp3) is 0.308. The Morgan fingerprint density at radius 3 is 2.80 bits per heavy atom. The average Bonchev–Trinajstić information content (AvgIpc) is 2.83. The maximum atomic E-state index is 12.4. The Morgan fingerprint density at radius 1 is 1.45 bits per heavy atom. The Hall–Kier alpha value is -2.41. The molecule has 4 N–H and O–H groups in total. The van der Waals surface area contributed by atoms with Crippen molar-refractivity contribution in [2.24, 2.45) is 5.84 Å². The van der Waals surface area contributed by atoms with Crippen molar-refractivity contribution in [3.05, 3.63) is 41.0 Å². The zero-order valence-electron chi connectivity index (χ0n) is 11.8. The van der Waals surface area contributed by atoms with Crippen molar-refractivity contribution in [2.75, 3.05) is 12.5 Å². The fourth-order valence-electron chi connectivity index (χ4n) is 1.91. The number of nitrogens with one attached hydrogen (secondary N) is 2. The molecule has 1 amide bonds. The lowest BCUT2D eigenvalue weighted by Gasteiger charge is -2.17. The second-order valence-electron chi connectivity index (χ2n) is 4.69. The summed E-state index contributed by atoms with van der Waals surface area (Å²) in [4.78, 5) is 18.1. The van der Waals surface area contributed by atoms with Gasteiger partial charge in [0.05, 0.1) is 17.8 Å². The number of rotatable bonds is 4. The molecular weight excluding hydrogens is 256 g/mol. The number of nitrogens with zero attached hydrogens (tertiary/aromatic N) is 3. The van der Waals surface area contributed by atoms with Crippen LogP contribution in [-0.4, -0.2) is 33.0 Å². The average molecular weight is 274 g/mol. The van der Waals surface area contributed by atoms with Crippen LogP contribution in [0.5, 0.6) is 0 Å². The summed E-state index contributed by atoms with van der Waals surface area (Å²) in [6, 6.07) is 5.46. The topological polar surface area (TPSA) is 99.9 Å². The van der Waals surface area contributed by atoms with Gasteiger partial charge in [-0.2, -0.15) is 5.10 Å². The molecule has 7 nitrogen and oxygen atoms in total. The lowest BCUT2D eigenvalue weighted by atomic mass is 10.1. The van der Waals surface area contributed by atoms with Crippen LogP contribution in [0.2, 0.25) is 0 Å². The predicted molar refractivity (Wildman–Crippen MR) is 75.9 cm³/mol. The Bertz CT molecular complexity index is 621. The molecule has 0 aliphatic carbocycles. The molecule has 1 aromatic carbocycles. The number of amides is 1. The standard InChI is InChI=1S/C13H18N6O/c1-8-4-5-10(11(6-8)16-14)13(20)19(3)7-12-15-9(2)17-18-12/h4-6,16H,7,14H2,1-3H3,(H,15,17,18). The summed E-state index contributed by atoms with van der Waals surface area (Å²) in [7, 11) is 1.70. The quantitative estimate of drug-likeness (QED) is 0.570. The summed E-state index contributed by atoms with van der Waals surface area (Å²) < 4.78 is 0. The highest BCUT2D eigenvalue weighted by molar-refractivity contribution is 5.99. The molecule has 0 spiro atoms. The maximum Gasteiger partial charge on any atom is 0.256 e. The molecule has 1 heterocycles. The van der Waals surface area contributed by atoms with E-state index in [2.05, 4.69) is 20.6 Å². The molecule has 2 aromatic rings. The van der Waals surface area contributed by atoms with Crippen LogP contribution in [0.15, 0.2) is 18.2 Å². The van der Waals surface area contributed by atoms with Gasteiger partial charge in [0.15, 0.2) is 5.82 Å². The van der Waals surface area contributed by atoms with Crippen LogP contribution in [0.1, 0.15) is 27.6 Å². The van der Waals surface area contributed by atoms with Gasteiger partial charge < -0.3 is 10.3 Å². The highest BCUT2D eigenvalue weighted by Gasteiger charge is 2.17. The first-order valence-corrected chi connectivity index (χ1v) is 6.22. The van der Waals surface area contributed by atoms with Gasteiger partial charge in [0.25, 0.3) is 5.91 Å². The third-order valence-corrected chi connectivity index (χ3v) is 2.93. The zero-order chi connectivity index (χ0) is 14.7. The molecule has 0 bridgehead atoms. The molecule has 0 saturated heterocycles. The third kappa shape index (κ3) is 2.94. The van der Waals surface area contributed by atoms with Crippen molar-refractivity contribution in [3.63, 3.8) is 0 Å². The van der Waals surface area contributed by atoms with Gasteiger partial charge in [-0.1, -0.05) is 6.07 Å². The van der Waals surface area contributed by atoms with E-state index in [0.717, 1.165) is 11.4 Å². The minimum atomic E-state index is -0.139. The molecule has 0 radical (unpaired) electrons. The number of aryl methyl sites for hydroxylation is 2. The van der Waals surface area contributed by atoms with Crippen molar-refractivity contribution in [3.8, 4) is 0 Å². The van der Waals surface area contributed by atoms with E-state index in [1.807, 2.05) is 26.0 Å². The van der Waals surface area contributed by atoms with Crippen LogP contribution in [-0.2, 0) is 6.54 Å². The second kappa shape index (κ2) is 5.70. The summed E-state index contributed by atoms with van der Waals surface area (Å²) >= 11 is 0. The highest BCUT2D eigenvalue weighted by atomic mass is 16.2. The van der Waals surface area contributed by atoms with Crippen LogP contribution >= 0.6 is 0 Å². The second-order valence-corrected chi connectivity index (χ2v) is 4.69. The van der Waals surface area contributed by atoms with Crippen LogP contribution in [0.25, 0.3) is 0 Å². The van der Waals surface area contributed by atoms with Crippen LogP contribution in [0, 0.1) is 13.8 Å². The number of nitrogens with two attached hydrogens (primary N) is 1. The molecule has 7 heteroatoms. The largest absolute Gasteiger partial charge is 0.334 e. The number of anilines is 1. The smallest absolute Gasteiger partial charge is 0.256 e. The summed E-state index contributed by atoms with van der Waals surface area (Å²) in [5.74, 6) is 6.62. The van der Waals surface area contributed by atoms with Gasteiger partial charge in [0.1, 0.15) is 5.82 Å². The molecule has 0 fully saturated rings. The molecule has 106 valence electrons. The normalized spacial score (nSPS) is 10.4. The number of hydrazine groups is 1. The van der Waals surface area contributed by atoms with Gasteiger partial charge in [-0.3, -0.25) is 15.7 Å². The SMILES string of the molecule is Cc1ccc(C(=O)N(C)Cc2n[nH]c(C)n2)c(NN)c1. The Morgan fingerprint density at radius 2 is 2.20 bits per heavy atom. The Balaban J connectivity index is 2.18. The van der Waals surface area contributed by atoms with E-state index in [9.17, 15) is 4.79 Å². The number of H-pyrrole nitrogens is 1. The Labute approximate surface area is 117 Å². The summed E-state index contributed by atoms with van der Waals surface area (Å²) in [5, 5.41) is 6.77. The predicted octanol–water partition coefficient (Wildman–Crippen LogP) is 0.979. The third-order valence-electron chi connectivity index (χ3n) is 2.93.